The van der Waals surface area contributed by atoms with Gasteiger partial charge in [-0.15, -0.1) is 0 Å². The third kappa shape index (κ3) is 7.50. The Balaban J connectivity index is 1.76. The van der Waals surface area contributed by atoms with E-state index in [0.717, 1.165) is 11.1 Å². The number of esters is 1. The van der Waals surface area contributed by atoms with E-state index in [0.29, 0.717) is 17.9 Å². The van der Waals surface area contributed by atoms with Crippen LogP contribution in [0.1, 0.15) is 37.3 Å². The number of rotatable bonds is 10. The van der Waals surface area contributed by atoms with Crippen LogP contribution in [0.15, 0.2) is 48.5 Å². The highest BCUT2D eigenvalue weighted by molar-refractivity contribution is 5.70. The van der Waals surface area contributed by atoms with Crippen molar-refractivity contribution in [3.05, 3.63) is 59.7 Å². The third-order valence-electron chi connectivity index (χ3n) is 4.03. The minimum atomic E-state index is -0.859. The first-order chi connectivity index (χ1) is 13.0. The molecule has 1 unspecified atom stereocenters. The van der Waals surface area contributed by atoms with E-state index in [-0.39, 0.29) is 37.9 Å². The third-order valence-corrected chi connectivity index (χ3v) is 4.03. The molecule has 27 heavy (non-hydrogen) atoms. The molecule has 0 spiro atoms. The van der Waals surface area contributed by atoms with E-state index in [1.165, 1.54) is 0 Å². The number of aliphatic hydroxyl groups excluding tert-OH is 1. The summed E-state index contributed by atoms with van der Waals surface area (Å²) in [6, 6.07) is 14.4. The number of carboxylic acids is 1. The Bertz CT molecular complexity index is 736. The fraction of sp³-hybridized carbons (Fsp3) is 0.333. The van der Waals surface area contributed by atoms with E-state index in [1.54, 1.807) is 43.3 Å². The predicted molar refractivity (Wildman–Crippen MR) is 99.3 cm³/mol. The van der Waals surface area contributed by atoms with Gasteiger partial charge in [-0.1, -0.05) is 31.2 Å². The van der Waals surface area contributed by atoms with Crippen LogP contribution < -0.4 is 4.74 Å². The molecule has 0 saturated carbocycles. The molecule has 0 radical (unpaired) electrons. The normalized spacial score (nSPS) is 11.6. The zero-order chi connectivity index (χ0) is 19.6. The minimum Gasteiger partial charge on any atom is -0.481 e. The van der Waals surface area contributed by atoms with Crippen LogP contribution in [0.25, 0.3) is 0 Å². The summed E-state index contributed by atoms with van der Waals surface area (Å²) in [4.78, 5) is 22.4. The first-order valence-electron chi connectivity index (χ1n) is 8.80. The fourth-order valence-corrected chi connectivity index (χ4v) is 2.45. The van der Waals surface area contributed by atoms with Crippen LogP contribution >= 0.6 is 0 Å². The second-order valence-electron chi connectivity index (χ2n) is 6.45. The van der Waals surface area contributed by atoms with Crippen LogP contribution in [0, 0.1) is 5.92 Å². The average Bonchev–Trinajstić information content (AvgIpc) is 2.66. The molecule has 2 rings (SSSR count). The van der Waals surface area contributed by atoms with Gasteiger partial charge in [-0.2, -0.15) is 0 Å². The summed E-state index contributed by atoms with van der Waals surface area (Å²) < 4.78 is 10.9. The van der Waals surface area contributed by atoms with Gasteiger partial charge < -0.3 is 19.7 Å². The van der Waals surface area contributed by atoms with Gasteiger partial charge >= 0.3 is 11.9 Å². The highest BCUT2D eigenvalue weighted by Gasteiger charge is 2.11. The Kier molecular flexibility index (Phi) is 7.82. The molecule has 0 aliphatic carbocycles. The number of carbonyl (C=O) groups is 2. The summed E-state index contributed by atoms with van der Waals surface area (Å²) in [6.07, 6.45) is 0.754. The summed E-state index contributed by atoms with van der Waals surface area (Å²) in [5.74, 6) is 0.0724. The first kappa shape index (κ1) is 20.5. The standard InChI is InChI=1S/C21H24O6/c1-15(12-20(23)24)2-11-21(25)26-14-17-5-9-19(10-6-17)27-18-7-3-16(13-22)4-8-18/h3-10,15,22H,2,11-14H2,1H3,(H,23,24). The molecule has 0 aliphatic heterocycles. The monoisotopic (exact) mass is 372 g/mol. The van der Waals surface area contributed by atoms with Crippen molar-refractivity contribution in [2.24, 2.45) is 5.92 Å². The van der Waals surface area contributed by atoms with Crippen molar-refractivity contribution >= 4 is 11.9 Å². The Morgan fingerprint density at radius 2 is 1.52 bits per heavy atom. The van der Waals surface area contributed by atoms with Crippen molar-refractivity contribution in [1.29, 1.82) is 0 Å². The summed E-state index contributed by atoms with van der Waals surface area (Å²) in [5, 5.41) is 17.7. The maximum Gasteiger partial charge on any atom is 0.306 e. The molecule has 6 heteroatoms. The van der Waals surface area contributed by atoms with Gasteiger partial charge in [0.25, 0.3) is 0 Å². The first-order valence-corrected chi connectivity index (χ1v) is 8.80. The summed E-state index contributed by atoms with van der Waals surface area (Å²) in [5.41, 5.74) is 1.65. The molecular formula is C21H24O6. The van der Waals surface area contributed by atoms with Crippen molar-refractivity contribution in [2.75, 3.05) is 0 Å². The number of ether oxygens (including phenoxy) is 2. The highest BCUT2D eigenvalue weighted by atomic mass is 16.5. The van der Waals surface area contributed by atoms with Crippen LogP contribution in [-0.4, -0.2) is 22.2 Å². The molecular weight excluding hydrogens is 348 g/mol. The molecule has 0 fully saturated rings. The van der Waals surface area contributed by atoms with Crippen molar-refractivity contribution in [1.82, 2.24) is 0 Å². The summed E-state index contributed by atoms with van der Waals surface area (Å²) >= 11 is 0. The number of carbonyl (C=O) groups excluding carboxylic acids is 1. The van der Waals surface area contributed by atoms with Crippen molar-refractivity contribution in [3.8, 4) is 11.5 Å². The SMILES string of the molecule is CC(CCC(=O)OCc1ccc(Oc2ccc(CO)cc2)cc1)CC(=O)O. The van der Waals surface area contributed by atoms with Crippen molar-refractivity contribution in [2.45, 2.75) is 39.4 Å². The molecule has 0 aliphatic rings. The van der Waals surface area contributed by atoms with Crippen LogP contribution in [0.5, 0.6) is 11.5 Å². The van der Waals surface area contributed by atoms with Gasteiger partial charge in [0.2, 0.25) is 0 Å². The number of aliphatic carboxylic acids is 1. The van der Waals surface area contributed by atoms with E-state index in [1.807, 2.05) is 12.1 Å². The van der Waals surface area contributed by atoms with Crippen molar-refractivity contribution in [3.63, 3.8) is 0 Å². The molecule has 144 valence electrons. The number of hydrogen-bond acceptors (Lipinski definition) is 5. The van der Waals surface area contributed by atoms with Gasteiger partial charge in [0.05, 0.1) is 6.61 Å². The van der Waals surface area contributed by atoms with E-state index in [2.05, 4.69) is 0 Å². The van der Waals surface area contributed by atoms with Gasteiger partial charge in [-0.05, 0) is 47.7 Å². The smallest absolute Gasteiger partial charge is 0.306 e. The Morgan fingerprint density at radius 3 is 2.04 bits per heavy atom. The number of carboxylic acid groups (broad SMARTS) is 1. The van der Waals surface area contributed by atoms with E-state index in [4.69, 9.17) is 19.7 Å². The molecule has 2 aromatic carbocycles. The molecule has 1 atom stereocenters. The molecule has 0 heterocycles. The zero-order valence-corrected chi connectivity index (χ0v) is 15.3. The minimum absolute atomic E-state index is 0.00777. The van der Waals surface area contributed by atoms with Crippen LogP contribution in [0.4, 0.5) is 0 Å². The van der Waals surface area contributed by atoms with E-state index in [9.17, 15) is 9.59 Å². The Hall–Kier alpha value is -2.86. The molecule has 0 saturated heterocycles. The van der Waals surface area contributed by atoms with Gasteiger partial charge in [-0.25, -0.2) is 0 Å². The molecule has 2 aromatic rings. The van der Waals surface area contributed by atoms with Crippen LogP contribution in [0.3, 0.4) is 0 Å². The highest BCUT2D eigenvalue weighted by Crippen LogP contribution is 2.22. The van der Waals surface area contributed by atoms with Gasteiger partial charge in [0.1, 0.15) is 18.1 Å². The van der Waals surface area contributed by atoms with E-state index < -0.39 is 5.97 Å². The lowest BCUT2D eigenvalue weighted by molar-refractivity contribution is -0.146. The number of hydrogen-bond donors (Lipinski definition) is 2. The predicted octanol–water partition coefficient (Wildman–Crippen LogP) is 3.91. The summed E-state index contributed by atoms with van der Waals surface area (Å²) in [6.45, 7) is 1.96. The molecule has 2 N–H and O–H groups in total. The second-order valence-corrected chi connectivity index (χ2v) is 6.45. The van der Waals surface area contributed by atoms with Crippen LogP contribution in [-0.2, 0) is 27.5 Å². The lowest BCUT2D eigenvalue weighted by atomic mass is 10.0. The maximum atomic E-state index is 11.8. The Labute approximate surface area is 158 Å². The van der Waals surface area contributed by atoms with E-state index >= 15 is 0 Å². The Morgan fingerprint density at radius 1 is 0.963 bits per heavy atom. The van der Waals surface area contributed by atoms with Crippen molar-refractivity contribution < 1.29 is 29.3 Å². The largest absolute Gasteiger partial charge is 0.481 e. The molecule has 0 bridgehead atoms. The zero-order valence-electron chi connectivity index (χ0n) is 15.3. The number of benzene rings is 2. The lowest BCUT2D eigenvalue weighted by Gasteiger charge is -2.10. The van der Waals surface area contributed by atoms with Gasteiger partial charge in [0, 0.05) is 12.8 Å². The average molecular weight is 372 g/mol. The van der Waals surface area contributed by atoms with Crippen LogP contribution in [0.2, 0.25) is 0 Å². The lowest BCUT2D eigenvalue weighted by Crippen LogP contribution is -2.09. The quantitative estimate of drug-likeness (QED) is 0.614. The fourth-order valence-electron chi connectivity index (χ4n) is 2.45. The molecule has 6 nitrogen and oxygen atoms in total. The molecule has 0 amide bonds. The topological polar surface area (TPSA) is 93.1 Å². The van der Waals surface area contributed by atoms with Gasteiger partial charge in [-0.3, -0.25) is 9.59 Å². The summed E-state index contributed by atoms with van der Waals surface area (Å²) in [7, 11) is 0. The van der Waals surface area contributed by atoms with Gasteiger partial charge in [0.15, 0.2) is 0 Å². The second kappa shape index (κ2) is 10.3. The maximum absolute atomic E-state index is 11.8. The molecule has 0 aromatic heterocycles. The number of aliphatic hydroxyl groups is 1.